The Bertz CT molecular complexity index is 476. The molecule has 104 valence electrons. The predicted molar refractivity (Wildman–Crippen MR) is 74.9 cm³/mol. The Morgan fingerprint density at radius 3 is 2.89 bits per heavy atom. The fourth-order valence-corrected chi connectivity index (χ4v) is 2.70. The van der Waals surface area contributed by atoms with Crippen LogP contribution in [-0.2, 0) is 0 Å². The summed E-state index contributed by atoms with van der Waals surface area (Å²) >= 11 is 0. The Balaban J connectivity index is 2.10. The van der Waals surface area contributed by atoms with Gasteiger partial charge in [-0.1, -0.05) is 0 Å². The van der Waals surface area contributed by atoms with Gasteiger partial charge in [0, 0.05) is 25.8 Å². The van der Waals surface area contributed by atoms with E-state index in [9.17, 15) is 4.79 Å². The largest absolute Gasteiger partial charge is 0.478 e. The summed E-state index contributed by atoms with van der Waals surface area (Å²) in [6, 6.07) is 2.24. The molecule has 1 aliphatic heterocycles. The summed E-state index contributed by atoms with van der Waals surface area (Å²) in [5, 5.41) is 8.94. The molecule has 19 heavy (non-hydrogen) atoms. The first-order valence-electron chi connectivity index (χ1n) is 6.60. The molecule has 0 amide bonds. The molecule has 0 aliphatic carbocycles. The monoisotopic (exact) mass is 263 g/mol. The van der Waals surface area contributed by atoms with E-state index in [1.54, 1.807) is 6.07 Å². The lowest BCUT2D eigenvalue weighted by Gasteiger charge is -2.27. The zero-order chi connectivity index (χ0) is 14.0. The van der Waals surface area contributed by atoms with E-state index in [0.29, 0.717) is 6.04 Å². The van der Waals surface area contributed by atoms with E-state index in [2.05, 4.69) is 21.8 Å². The number of anilines is 1. The number of carboxylic acids is 1. The number of carboxylic acid groups (broad SMARTS) is 1. The summed E-state index contributed by atoms with van der Waals surface area (Å²) in [6.07, 6.45) is 3.89. The van der Waals surface area contributed by atoms with Crippen LogP contribution in [0.1, 0.15) is 28.8 Å². The van der Waals surface area contributed by atoms with Gasteiger partial charge < -0.3 is 14.9 Å². The summed E-state index contributed by atoms with van der Waals surface area (Å²) in [4.78, 5) is 19.7. The van der Waals surface area contributed by atoms with Crippen molar-refractivity contribution in [1.29, 1.82) is 0 Å². The Hall–Kier alpha value is -1.62. The van der Waals surface area contributed by atoms with Crippen LogP contribution in [0.5, 0.6) is 0 Å². The molecule has 1 aliphatic rings. The van der Waals surface area contributed by atoms with Crippen LogP contribution in [0.25, 0.3) is 0 Å². The second-order valence-corrected chi connectivity index (χ2v) is 5.33. The van der Waals surface area contributed by atoms with E-state index in [1.165, 1.54) is 19.0 Å². The minimum absolute atomic E-state index is 0.243. The number of aryl methyl sites for hydroxylation is 1. The maximum Gasteiger partial charge on any atom is 0.337 e. The summed E-state index contributed by atoms with van der Waals surface area (Å²) in [6.45, 7) is 3.99. The van der Waals surface area contributed by atoms with Gasteiger partial charge >= 0.3 is 5.97 Å². The maximum absolute atomic E-state index is 10.9. The minimum Gasteiger partial charge on any atom is -0.478 e. The molecule has 1 aromatic heterocycles. The van der Waals surface area contributed by atoms with E-state index in [0.717, 1.165) is 24.5 Å². The number of aromatic nitrogens is 1. The van der Waals surface area contributed by atoms with Crippen LogP contribution < -0.4 is 4.90 Å². The molecule has 2 rings (SSSR count). The second-order valence-electron chi connectivity index (χ2n) is 5.33. The SMILES string of the molecule is Cc1cc(C(=O)O)cnc1N(C)CC1CCCN1C. The molecule has 0 saturated carbocycles. The second kappa shape index (κ2) is 5.57. The molecule has 1 unspecified atom stereocenters. The first kappa shape index (κ1) is 13.8. The van der Waals surface area contributed by atoms with Crippen molar-refractivity contribution in [2.24, 2.45) is 0 Å². The summed E-state index contributed by atoms with van der Waals surface area (Å²) in [5.74, 6) is -0.0642. The van der Waals surface area contributed by atoms with Crippen molar-refractivity contribution < 1.29 is 9.90 Å². The van der Waals surface area contributed by atoms with Crippen molar-refractivity contribution >= 4 is 11.8 Å². The highest BCUT2D eigenvalue weighted by Crippen LogP contribution is 2.21. The Morgan fingerprint density at radius 1 is 1.63 bits per heavy atom. The standard InChI is InChI=1S/C14H21N3O2/c1-10-7-11(14(18)19)8-15-13(10)17(3)9-12-5-4-6-16(12)2/h7-8,12H,4-6,9H2,1-3H3,(H,18,19). The molecule has 5 heteroatoms. The van der Waals surface area contributed by atoms with Gasteiger partial charge in [0.25, 0.3) is 0 Å². The molecule has 5 nitrogen and oxygen atoms in total. The third kappa shape index (κ3) is 3.04. The van der Waals surface area contributed by atoms with Gasteiger partial charge in [-0.25, -0.2) is 9.78 Å². The van der Waals surface area contributed by atoms with Crippen LogP contribution in [-0.4, -0.2) is 54.2 Å². The van der Waals surface area contributed by atoms with Crippen molar-refractivity contribution in [2.45, 2.75) is 25.8 Å². The zero-order valence-electron chi connectivity index (χ0n) is 11.8. The van der Waals surface area contributed by atoms with Crippen LogP contribution in [0.15, 0.2) is 12.3 Å². The maximum atomic E-state index is 10.9. The van der Waals surface area contributed by atoms with Crippen molar-refractivity contribution in [2.75, 3.05) is 32.1 Å². The molecule has 0 radical (unpaired) electrons. The van der Waals surface area contributed by atoms with E-state index < -0.39 is 5.97 Å². The summed E-state index contributed by atoms with van der Waals surface area (Å²) in [5.41, 5.74) is 1.15. The van der Waals surface area contributed by atoms with Crippen molar-refractivity contribution in [3.63, 3.8) is 0 Å². The molecule has 0 aromatic carbocycles. The number of hydrogen-bond acceptors (Lipinski definition) is 4. The molecule has 2 heterocycles. The number of rotatable bonds is 4. The van der Waals surface area contributed by atoms with Crippen LogP contribution >= 0.6 is 0 Å². The first-order chi connectivity index (χ1) is 8.99. The number of aromatic carboxylic acids is 1. The lowest BCUT2D eigenvalue weighted by atomic mass is 10.1. The molecule has 0 bridgehead atoms. The third-order valence-electron chi connectivity index (χ3n) is 3.82. The van der Waals surface area contributed by atoms with Crippen molar-refractivity contribution in [3.05, 3.63) is 23.4 Å². The van der Waals surface area contributed by atoms with Crippen molar-refractivity contribution in [3.8, 4) is 0 Å². The van der Waals surface area contributed by atoms with E-state index in [4.69, 9.17) is 5.11 Å². The van der Waals surface area contributed by atoms with Crippen LogP contribution in [0.2, 0.25) is 0 Å². The number of hydrogen-bond donors (Lipinski definition) is 1. The smallest absolute Gasteiger partial charge is 0.337 e. The van der Waals surface area contributed by atoms with Gasteiger partial charge in [-0.05, 0) is 45.0 Å². The zero-order valence-corrected chi connectivity index (χ0v) is 11.8. The lowest BCUT2D eigenvalue weighted by Crippen LogP contribution is -2.37. The highest BCUT2D eigenvalue weighted by Gasteiger charge is 2.23. The quantitative estimate of drug-likeness (QED) is 0.894. The molecule has 1 aromatic rings. The van der Waals surface area contributed by atoms with E-state index in [-0.39, 0.29) is 5.56 Å². The number of likely N-dealkylation sites (tertiary alicyclic amines) is 1. The molecular formula is C14H21N3O2. The first-order valence-corrected chi connectivity index (χ1v) is 6.60. The van der Waals surface area contributed by atoms with E-state index in [1.807, 2.05) is 14.0 Å². The number of pyridine rings is 1. The minimum atomic E-state index is -0.930. The van der Waals surface area contributed by atoms with Crippen LogP contribution in [0.3, 0.4) is 0 Å². The molecule has 1 atom stereocenters. The topological polar surface area (TPSA) is 56.7 Å². The van der Waals surface area contributed by atoms with Gasteiger partial charge in [-0.3, -0.25) is 0 Å². The highest BCUT2D eigenvalue weighted by molar-refractivity contribution is 5.87. The Labute approximate surface area is 113 Å². The Morgan fingerprint density at radius 2 is 2.37 bits per heavy atom. The van der Waals surface area contributed by atoms with Gasteiger partial charge in [0.15, 0.2) is 0 Å². The summed E-state index contributed by atoms with van der Waals surface area (Å²) < 4.78 is 0. The molecule has 0 spiro atoms. The lowest BCUT2D eigenvalue weighted by molar-refractivity contribution is 0.0696. The van der Waals surface area contributed by atoms with Crippen LogP contribution in [0.4, 0.5) is 5.82 Å². The average Bonchev–Trinajstić information content (AvgIpc) is 2.74. The van der Waals surface area contributed by atoms with Gasteiger partial charge in [-0.15, -0.1) is 0 Å². The number of nitrogens with zero attached hydrogens (tertiary/aromatic N) is 3. The summed E-state index contributed by atoms with van der Waals surface area (Å²) in [7, 11) is 4.17. The molecule has 1 saturated heterocycles. The predicted octanol–water partition coefficient (Wildman–Crippen LogP) is 1.62. The Kier molecular flexibility index (Phi) is 4.04. The van der Waals surface area contributed by atoms with Gasteiger partial charge in [-0.2, -0.15) is 0 Å². The number of carbonyl (C=O) groups is 1. The highest BCUT2D eigenvalue weighted by atomic mass is 16.4. The van der Waals surface area contributed by atoms with Crippen molar-refractivity contribution in [1.82, 2.24) is 9.88 Å². The van der Waals surface area contributed by atoms with Gasteiger partial charge in [0.2, 0.25) is 0 Å². The van der Waals surface area contributed by atoms with Gasteiger partial charge in [0.1, 0.15) is 5.82 Å². The fourth-order valence-electron chi connectivity index (χ4n) is 2.70. The van der Waals surface area contributed by atoms with Gasteiger partial charge in [0.05, 0.1) is 5.56 Å². The molecular weight excluding hydrogens is 242 g/mol. The molecule has 1 fully saturated rings. The molecule has 1 N–H and O–H groups in total. The van der Waals surface area contributed by atoms with Crippen LogP contribution in [0, 0.1) is 6.92 Å². The normalized spacial score (nSPS) is 19.6. The fraction of sp³-hybridized carbons (Fsp3) is 0.571. The van der Waals surface area contributed by atoms with E-state index >= 15 is 0 Å². The third-order valence-corrected chi connectivity index (χ3v) is 3.82. The number of likely N-dealkylation sites (N-methyl/N-ethyl adjacent to an activating group) is 2. The average molecular weight is 263 g/mol.